The van der Waals surface area contributed by atoms with Crippen molar-refractivity contribution in [3.05, 3.63) is 0 Å². The van der Waals surface area contributed by atoms with E-state index < -0.39 is 15.3 Å². The average Bonchev–Trinajstić information content (AvgIpc) is 2.17. The van der Waals surface area contributed by atoms with Crippen molar-refractivity contribution >= 4 is 10.0 Å². The number of rotatable bonds is 8. The Hall–Kier alpha value is -0.170. The third-order valence-corrected chi connectivity index (χ3v) is 4.50. The molecule has 98 valence electrons. The molecule has 2 N–H and O–H groups in total. The molecule has 0 radical (unpaired) electrons. The van der Waals surface area contributed by atoms with Crippen molar-refractivity contribution < 1.29 is 8.42 Å². The van der Waals surface area contributed by atoms with E-state index in [0.717, 1.165) is 6.54 Å². The van der Waals surface area contributed by atoms with Gasteiger partial charge in [-0.15, -0.1) is 0 Å². The summed E-state index contributed by atoms with van der Waals surface area (Å²) in [4.78, 5) is 2.10. The van der Waals surface area contributed by atoms with Gasteiger partial charge in [0.1, 0.15) is 0 Å². The van der Waals surface area contributed by atoms with Gasteiger partial charge in [-0.1, -0.05) is 0 Å². The molecule has 5 nitrogen and oxygen atoms in total. The molecule has 16 heavy (non-hydrogen) atoms. The number of hydrogen-bond acceptors (Lipinski definition) is 4. The lowest BCUT2D eigenvalue weighted by Gasteiger charge is -2.21. The SMILES string of the molecule is CNCC(C)S(=O)(=O)NCCN(C)C(C)C. The molecule has 0 heterocycles. The Labute approximate surface area is 99.6 Å². The van der Waals surface area contributed by atoms with E-state index in [9.17, 15) is 8.42 Å². The zero-order valence-electron chi connectivity index (χ0n) is 10.9. The largest absolute Gasteiger partial charge is 0.318 e. The van der Waals surface area contributed by atoms with Crippen LogP contribution in [0, 0.1) is 0 Å². The molecule has 1 unspecified atom stereocenters. The monoisotopic (exact) mass is 251 g/mol. The van der Waals surface area contributed by atoms with Gasteiger partial charge in [-0.25, -0.2) is 13.1 Å². The summed E-state index contributed by atoms with van der Waals surface area (Å²) in [5.41, 5.74) is 0. The van der Waals surface area contributed by atoms with E-state index in [-0.39, 0.29) is 0 Å². The second kappa shape index (κ2) is 7.21. The predicted octanol–water partition coefficient (Wildman–Crippen LogP) is -0.146. The molecule has 0 aliphatic heterocycles. The van der Waals surface area contributed by atoms with Crippen LogP contribution in [-0.4, -0.2) is 58.3 Å². The highest BCUT2D eigenvalue weighted by Gasteiger charge is 2.19. The molecule has 0 aromatic carbocycles. The first-order chi connectivity index (χ1) is 7.31. The highest BCUT2D eigenvalue weighted by Crippen LogP contribution is 1.97. The number of likely N-dealkylation sites (N-methyl/N-ethyl adjacent to an activating group) is 1. The Bertz CT molecular complexity index is 278. The second-order valence-corrected chi connectivity index (χ2v) is 6.57. The number of nitrogens with one attached hydrogen (secondary N) is 2. The van der Waals surface area contributed by atoms with Gasteiger partial charge in [0.25, 0.3) is 0 Å². The minimum absolute atomic E-state index is 0.401. The van der Waals surface area contributed by atoms with Gasteiger partial charge in [0, 0.05) is 25.7 Å². The van der Waals surface area contributed by atoms with Crippen LogP contribution in [-0.2, 0) is 10.0 Å². The third kappa shape index (κ3) is 5.79. The van der Waals surface area contributed by atoms with Crippen LogP contribution in [0.2, 0.25) is 0 Å². The summed E-state index contributed by atoms with van der Waals surface area (Å²) < 4.78 is 26.0. The van der Waals surface area contributed by atoms with Gasteiger partial charge in [0.2, 0.25) is 10.0 Å². The standard InChI is InChI=1S/C10H25N3O2S/c1-9(2)13(5)7-6-12-16(14,15)10(3)8-11-4/h9-12H,6-8H2,1-5H3. The molecule has 0 aliphatic rings. The Morgan fingerprint density at radius 1 is 1.25 bits per heavy atom. The highest BCUT2D eigenvalue weighted by molar-refractivity contribution is 7.90. The fourth-order valence-electron chi connectivity index (χ4n) is 1.16. The van der Waals surface area contributed by atoms with E-state index in [1.54, 1.807) is 14.0 Å². The molecule has 0 saturated carbocycles. The normalized spacial score (nSPS) is 14.7. The van der Waals surface area contributed by atoms with Crippen molar-refractivity contribution in [2.75, 3.05) is 33.7 Å². The molecule has 0 bridgehead atoms. The maximum Gasteiger partial charge on any atom is 0.215 e. The summed E-state index contributed by atoms with van der Waals surface area (Å²) in [5, 5.41) is 2.46. The van der Waals surface area contributed by atoms with Gasteiger partial charge in [0.05, 0.1) is 5.25 Å². The molecular formula is C10H25N3O2S. The summed E-state index contributed by atoms with van der Waals surface area (Å²) in [6.07, 6.45) is 0. The van der Waals surface area contributed by atoms with Gasteiger partial charge >= 0.3 is 0 Å². The van der Waals surface area contributed by atoms with Gasteiger partial charge in [-0.05, 0) is 34.9 Å². The molecule has 0 saturated heterocycles. The molecule has 0 amide bonds. The average molecular weight is 251 g/mol. The van der Waals surface area contributed by atoms with Crippen LogP contribution in [0.3, 0.4) is 0 Å². The maximum absolute atomic E-state index is 11.7. The van der Waals surface area contributed by atoms with Crippen molar-refractivity contribution in [1.29, 1.82) is 0 Å². The quantitative estimate of drug-likeness (QED) is 0.630. The van der Waals surface area contributed by atoms with Crippen molar-refractivity contribution in [2.24, 2.45) is 0 Å². The molecule has 0 spiro atoms. The zero-order chi connectivity index (χ0) is 12.8. The topological polar surface area (TPSA) is 61.4 Å². The molecule has 0 aromatic heterocycles. The minimum atomic E-state index is -3.18. The lowest BCUT2D eigenvalue weighted by molar-refractivity contribution is 0.278. The summed E-state index contributed by atoms with van der Waals surface area (Å²) >= 11 is 0. The van der Waals surface area contributed by atoms with E-state index in [2.05, 4.69) is 28.8 Å². The van der Waals surface area contributed by atoms with Gasteiger partial charge < -0.3 is 10.2 Å². The summed E-state index contributed by atoms with van der Waals surface area (Å²) in [6.45, 7) is 7.52. The Balaban J connectivity index is 4.01. The van der Waals surface area contributed by atoms with E-state index in [0.29, 0.717) is 19.1 Å². The lowest BCUT2D eigenvalue weighted by atomic mass is 10.3. The van der Waals surface area contributed by atoms with E-state index in [1.165, 1.54) is 0 Å². The summed E-state index contributed by atoms with van der Waals surface area (Å²) in [6, 6.07) is 0.430. The fraction of sp³-hybridized carbons (Fsp3) is 1.00. The van der Waals surface area contributed by atoms with E-state index in [1.807, 2.05) is 7.05 Å². The lowest BCUT2D eigenvalue weighted by Crippen LogP contribution is -2.42. The van der Waals surface area contributed by atoms with Crippen LogP contribution < -0.4 is 10.0 Å². The highest BCUT2D eigenvalue weighted by atomic mass is 32.2. The Morgan fingerprint density at radius 2 is 1.81 bits per heavy atom. The zero-order valence-corrected chi connectivity index (χ0v) is 11.8. The molecule has 0 fully saturated rings. The molecule has 0 aromatic rings. The van der Waals surface area contributed by atoms with Gasteiger partial charge in [0.15, 0.2) is 0 Å². The minimum Gasteiger partial charge on any atom is -0.318 e. The van der Waals surface area contributed by atoms with Gasteiger partial charge in [-0.3, -0.25) is 0 Å². The number of nitrogens with zero attached hydrogens (tertiary/aromatic N) is 1. The first kappa shape index (κ1) is 15.8. The summed E-state index contributed by atoms with van der Waals surface area (Å²) in [5.74, 6) is 0. The van der Waals surface area contributed by atoms with Crippen LogP contribution in [0.1, 0.15) is 20.8 Å². The summed E-state index contributed by atoms with van der Waals surface area (Å²) in [7, 11) is 0.548. The van der Waals surface area contributed by atoms with Crippen molar-refractivity contribution in [2.45, 2.75) is 32.1 Å². The first-order valence-corrected chi connectivity index (χ1v) is 7.19. The fourth-order valence-corrected chi connectivity index (χ4v) is 2.21. The Morgan fingerprint density at radius 3 is 2.25 bits per heavy atom. The number of hydrogen-bond donors (Lipinski definition) is 2. The first-order valence-electron chi connectivity index (χ1n) is 5.64. The van der Waals surface area contributed by atoms with E-state index in [4.69, 9.17) is 0 Å². The van der Waals surface area contributed by atoms with E-state index >= 15 is 0 Å². The smallest absolute Gasteiger partial charge is 0.215 e. The van der Waals surface area contributed by atoms with Crippen LogP contribution in [0.4, 0.5) is 0 Å². The van der Waals surface area contributed by atoms with Gasteiger partial charge in [-0.2, -0.15) is 0 Å². The molecule has 6 heteroatoms. The van der Waals surface area contributed by atoms with Crippen LogP contribution >= 0.6 is 0 Å². The molecule has 1 atom stereocenters. The van der Waals surface area contributed by atoms with Crippen LogP contribution in [0.25, 0.3) is 0 Å². The Kier molecular flexibility index (Phi) is 7.14. The molecular weight excluding hydrogens is 226 g/mol. The van der Waals surface area contributed by atoms with Crippen molar-refractivity contribution in [1.82, 2.24) is 14.9 Å². The molecule has 0 aliphatic carbocycles. The van der Waals surface area contributed by atoms with Crippen LogP contribution in [0.5, 0.6) is 0 Å². The van der Waals surface area contributed by atoms with Crippen molar-refractivity contribution in [3.8, 4) is 0 Å². The molecule has 0 rings (SSSR count). The van der Waals surface area contributed by atoms with Crippen molar-refractivity contribution in [3.63, 3.8) is 0 Å². The third-order valence-electron chi connectivity index (χ3n) is 2.67. The predicted molar refractivity (Wildman–Crippen MR) is 68.1 cm³/mol. The second-order valence-electron chi connectivity index (χ2n) is 4.38. The number of sulfonamides is 1. The maximum atomic E-state index is 11.7. The van der Waals surface area contributed by atoms with Crippen LogP contribution in [0.15, 0.2) is 0 Å².